The second-order valence-corrected chi connectivity index (χ2v) is 6.97. The van der Waals surface area contributed by atoms with E-state index < -0.39 is 0 Å². The highest BCUT2D eigenvalue weighted by molar-refractivity contribution is 7.98. The number of aryl methyl sites for hydroxylation is 1. The molecule has 1 aromatic heterocycles. The predicted molar refractivity (Wildman–Crippen MR) is 109 cm³/mol. The molecule has 0 bridgehead atoms. The van der Waals surface area contributed by atoms with Crippen LogP contribution in [0.1, 0.15) is 11.1 Å². The Kier molecular flexibility index (Phi) is 4.40. The molecule has 0 aliphatic heterocycles. The molecule has 4 aromatic rings. The minimum Gasteiger partial charge on any atom is -0.367 e. The van der Waals surface area contributed by atoms with E-state index in [9.17, 15) is 0 Å². The summed E-state index contributed by atoms with van der Waals surface area (Å²) in [4.78, 5) is 5.33. The van der Waals surface area contributed by atoms with Gasteiger partial charge in [0.2, 0.25) is 11.9 Å². The molecule has 0 unspecified atom stereocenters. The van der Waals surface area contributed by atoms with Crippen LogP contribution in [0.25, 0.3) is 10.8 Å². The van der Waals surface area contributed by atoms with Crippen molar-refractivity contribution in [1.29, 1.82) is 5.26 Å². The third-order valence-electron chi connectivity index (χ3n) is 4.14. The number of rotatable bonds is 4. The van der Waals surface area contributed by atoms with E-state index in [1.54, 1.807) is 10.2 Å². The minimum absolute atomic E-state index is 0.306. The van der Waals surface area contributed by atoms with Gasteiger partial charge < -0.3 is 11.1 Å². The van der Waals surface area contributed by atoms with Crippen LogP contribution in [0.4, 0.5) is 17.6 Å². The topological polar surface area (TPSA) is 92.5 Å². The summed E-state index contributed by atoms with van der Waals surface area (Å²) < 4.78 is 1.60. The van der Waals surface area contributed by atoms with Crippen molar-refractivity contribution in [3.63, 3.8) is 0 Å². The summed E-state index contributed by atoms with van der Waals surface area (Å²) in [5.41, 5.74) is 8.38. The van der Waals surface area contributed by atoms with Crippen LogP contribution in [-0.2, 0) is 0 Å². The van der Waals surface area contributed by atoms with Crippen LogP contribution >= 0.6 is 11.9 Å². The van der Waals surface area contributed by atoms with E-state index >= 15 is 0 Å². The lowest BCUT2D eigenvalue weighted by atomic mass is 10.1. The van der Waals surface area contributed by atoms with Gasteiger partial charge in [0.15, 0.2) is 0 Å². The largest absolute Gasteiger partial charge is 0.367 e. The van der Waals surface area contributed by atoms with Crippen molar-refractivity contribution in [2.24, 2.45) is 0 Å². The Morgan fingerprint density at radius 2 is 1.93 bits per heavy atom. The zero-order valence-corrected chi connectivity index (χ0v) is 15.4. The lowest BCUT2D eigenvalue weighted by molar-refractivity contribution is 1.02. The van der Waals surface area contributed by atoms with Gasteiger partial charge in [-0.05, 0) is 47.5 Å². The van der Waals surface area contributed by atoms with Gasteiger partial charge >= 0.3 is 0 Å². The number of nitrogens with two attached hydrogens (primary N) is 1. The molecule has 4 rings (SSSR count). The van der Waals surface area contributed by atoms with Crippen molar-refractivity contribution in [1.82, 2.24) is 14.2 Å². The Labute approximate surface area is 160 Å². The number of aromatic nitrogens is 3. The molecule has 132 valence electrons. The normalized spacial score (nSPS) is 10.7. The summed E-state index contributed by atoms with van der Waals surface area (Å²) in [6.45, 7) is 1.89. The van der Waals surface area contributed by atoms with Crippen LogP contribution in [0.15, 0.2) is 65.6 Å². The first-order valence-corrected chi connectivity index (χ1v) is 9.08. The fraction of sp³-hybridized carbons (Fsp3) is 0.0500. The van der Waals surface area contributed by atoms with Crippen molar-refractivity contribution in [2.75, 3.05) is 11.1 Å². The predicted octanol–water partition coefficient (Wildman–Crippen LogP) is 4.49. The van der Waals surface area contributed by atoms with Crippen LogP contribution < -0.4 is 11.1 Å². The number of nitrogens with one attached hydrogen (secondary N) is 1. The van der Waals surface area contributed by atoms with E-state index in [2.05, 4.69) is 39.7 Å². The van der Waals surface area contributed by atoms with Gasteiger partial charge in [0.1, 0.15) is 0 Å². The molecule has 0 atom stereocenters. The molecule has 0 spiro atoms. The summed E-state index contributed by atoms with van der Waals surface area (Å²) >= 11 is 1.42. The molecule has 6 nitrogen and oxygen atoms in total. The van der Waals surface area contributed by atoms with E-state index in [0.29, 0.717) is 17.5 Å². The SMILES string of the molecule is Cc1cc(Nc2nc(N)n(Sc3cccc4ccccc34)n2)ccc1C#N. The van der Waals surface area contributed by atoms with Crippen LogP contribution in [0.2, 0.25) is 0 Å². The highest BCUT2D eigenvalue weighted by Gasteiger charge is 2.11. The number of hydrogen-bond donors (Lipinski definition) is 2. The van der Waals surface area contributed by atoms with Gasteiger partial charge in [0.25, 0.3) is 0 Å². The number of fused-ring (bicyclic) bond motifs is 1. The fourth-order valence-electron chi connectivity index (χ4n) is 2.80. The maximum Gasteiger partial charge on any atom is 0.249 e. The third-order valence-corrected chi connectivity index (χ3v) is 5.13. The van der Waals surface area contributed by atoms with Crippen LogP contribution in [0, 0.1) is 18.3 Å². The maximum absolute atomic E-state index is 9.04. The van der Waals surface area contributed by atoms with Gasteiger partial charge in [-0.2, -0.15) is 14.3 Å². The van der Waals surface area contributed by atoms with Crippen molar-refractivity contribution < 1.29 is 0 Å². The van der Waals surface area contributed by atoms with Crippen molar-refractivity contribution in [2.45, 2.75) is 11.8 Å². The first kappa shape index (κ1) is 16.9. The summed E-state index contributed by atoms with van der Waals surface area (Å²) in [6, 6.07) is 21.9. The van der Waals surface area contributed by atoms with Crippen LogP contribution in [0.3, 0.4) is 0 Å². The molecule has 0 saturated carbocycles. The molecular weight excluding hydrogens is 356 g/mol. The molecule has 0 saturated heterocycles. The van der Waals surface area contributed by atoms with E-state index in [1.807, 2.05) is 43.3 Å². The standard InChI is InChI=1S/C20H16N6S/c1-13-11-16(10-9-15(13)12-21)23-20-24-19(22)26(25-20)27-18-8-4-6-14-5-2-3-7-17(14)18/h2-11H,1H3,(H3,22,23,24,25). The molecule has 3 aromatic carbocycles. The molecule has 0 aliphatic rings. The highest BCUT2D eigenvalue weighted by atomic mass is 32.2. The molecule has 7 heteroatoms. The monoisotopic (exact) mass is 372 g/mol. The molecule has 0 aliphatic carbocycles. The van der Waals surface area contributed by atoms with Gasteiger partial charge in [-0.25, -0.2) is 0 Å². The summed E-state index contributed by atoms with van der Waals surface area (Å²) in [6.07, 6.45) is 0. The van der Waals surface area contributed by atoms with Gasteiger partial charge in [0, 0.05) is 22.5 Å². The van der Waals surface area contributed by atoms with Crippen molar-refractivity contribution in [3.05, 3.63) is 71.8 Å². The molecule has 0 radical (unpaired) electrons. The Morgan fingerprint density at radius 3 is 2.74 bits per heavy atom. The number of benzene rings is 3. The van der Waals surface area contributed by atoms with E-state index in [-0.39, 0.29) is 0 Å². The highest BCUT2D eigenvalue weighted by Crippen LogP contribution is 2.30. The van der Waals surface area contributed by atoms with E-state index in [4.69, 9.17) is 11.0 Å². The van der Waals surface area contributed by atoms with Gasteiger partial charge in [0.05, 0.1) is 11.6 Å². The number of nitrogen functional groups attached to an aromatic ring is 1. The minimum atomic E-state index is 0.306. The summed E-state index contributed by atoms with van der Waals surface area (Å²) in [7, 11) is 0. The first-order chi connectivity index (χ1) is 13.1. The zero-order chi connectivity index (χ0) is 18.8. The zero-order valence-electron chi connectivity index (χ0n) is 14.5. The van der Waals surface area contributed by atoms with Crippen LogP contribution in [0.5, 0.6) is 0 Å². The average molecular weight is 372 g/mol. The Morgan fingerprint density at radius 1 is 1.11 bits per heavy atom. The van der Waals surface area contributed by atoms with Gasteiger partial charge in [-0.3, -0.25) is 0 Å². The molecule has 0 amide bonds. The maximum atomic E-state index is 9.04. The second-order valence-electron chi connectivity index (χ2n) is 6.00. The molecule has 3 N–H and O–H groups in total. The molecule has 27 heavy (non-hydrogen) atoms. The van der Waals surface area contributed by atoms with E-state index in [0.717, 1.165) is 26.9 Å². The van der Waals surface area contributed by atoms with Crippen LogP contribution in [-0.4, -0.2) is 14.2 Å². The quantitative estimate of drug-likeness (QED) is 0.548. The van der Waals surface area contributed by atoms with Gasteiger partial charge in [-0.15, -0.1) is 5.10 Å². The third kappa shape index (κ3) is 3.43. The summed E-state index contributed by atoms with van der Waals surface area (Å²) in [5.74, 6) is 0.713. The number of nitriles is 1. The first-order valence-electron chi connectivity index (χ1n) is 8.30. The summed E-state index contributed by atoms with van der Waals surface area (Å²) in [5, 5.41) is 18.9. The lowest BCUT2D eigenvalue weighted by Gasteiger charge is -2.06. The second kappa shape index (κ2) is 7.02. The Bertz CT molecular complexity index is 1170. The number of anilines is 3. The number of hydrogen-bond acceptors (Lipinski definition) is 6. The van der Waals surface area contributed by atoms with E-state index in [1.165, 1.54) is 11.9 Å². The Hall–Kier alpha value is -3.50. The van der Waals surface area contributed by atoms with Crippen molar-refractivity contribution >= 4 is 40.3 Å². The van der Waals surface area contributed by atoms with Gasteiger partial charge in [-0.1, -0.05) is 36.4 Å². The number of nitrogens with zero attached hydrogens (tertiary/aromatic N) is 4. The molecule has 1 heterocycles. The molecule has 0 fully saturated rings. The smallest absolute Gasteiger partial charge is 0.249 e. The fourth-order valence-corrected chi connectivity index (χ4v) is 3.66. The lowest BCUT2D eigenvalue weighted by Crippen LogP contribution is -1.97. The Balaban J connectivity index is 1.60. The average Bonchev–Trinajstić information content (AvgIpc) is 3.01. The van der Waals surface area contributed by atoms with Crippen molar-refractivity contribution in [3.8, 4) is 6.07 Å². The molecular formula is C20H16N6S.